The van der Waals surface area contributed by atoms with E-state index in [-0.39, 0.29) is 17.5 Å². The third-order valence-electron chi connectivity index (χ3n) is 3.60. The molecule has 144 valence electrons. The number of nitro groups is 1. The number of non-ortho nitro benzene ring substituents is 1. The SMILES string of the molecule is CCOc1cnc(C(=O)N/N=C/c2cn(-c3ccc([N+](=O)[O-])cc3)nc2C)o1. The average molecular weight is 384 g/mol. The number of aromatic nitrogens is 3. The summed E-state index contributed by atoms with van der Waals surface area (Å²) in [4.78, 5) is 26.0. The number of ether oxygens (including phenoxy) is 1. The summed E-state index contributed by atoms with van der Waals surface area (Å²) in [5.74, 6) is -0.640. The minimum atomic E-state index is -0.623. The first-order chi connectivity index (χ1) is 13.5. The van der Waals surface area contributed by atoms with Crippen molar-refractivity contribution < 1.29 is 18.9 Å². The maximum absolute atomic E-state index is 11.9. The number of nitrogens with one attached hydrogen (secondary N) is 1. The van der Waals surface area contributed by atoms with Gasteiger partial charge in [0.2, 0.25) is 0 Å². The van der Waals surface area contributed by atoms with E-state index in [4.69, 9.17) is 9.15 Å². The van der Waals surface area contributed by atoms with E-state index in [1.807, 2.05) is 0 Å². The number of benzene rings is 1. The largest absolute Gasteiger partial charge is 0.464 e. The summed E-state index contributed by atoms with van der Waals surface area (Å²) in [7, 11) is 0. The minimum Gasteiger partial charge on any atom is -0.464 e. The highest BCUT2D eigenvalue weighted by Crippen LogP contribution is 2.16. The molecule has 1 aromatic carbocycles. The van der Waals surface area contributed by atoms with Crippen molar-refractivity contribution >= 4 is 17.8 Å². The molecular weight excluding hydrogens is 368 g/mol. The van der Waals surface area contributed by atoms with E-state index in [2.05, 4.69) is 20.6 Å². The Morgan fingerprint density at radius 1 is 1.43 bits per heavy atom. The zero-order chi connectivity index (χ0) is 20.1. The lowest BCUT2D eigenvalue weighted by Crippen LogP contribution is -2.17. The van der Waals surface area contributed by atoms with Crippen molar-refractivity contribution in [1.29, 1.82) is 0 Å². The fourth-order valence-corrected chi connectivity index (χ4v) is 2.24. The number of hydrogen-bond acceptors (Lipinski definition) is 8. The first kappa shape index (κ1) is 18.8. The van der Waals surface area contributed by atoms with Gasteiger partial charge in [0.15, 0.2) is 0 Å². The molecule has 0 aliphatic carbocycles. The quantitative estimate of drug-likeness (QED) is 0.374. The number of oxazole rings is 1. The van der Waals surface area contributed by atoms with Crippen LogP contribution in [0.4, 0.5) is 5.69 Å². The Balaban J connectivity index is 1.67. The summed E-state index contributed by atoms with van der Waals surface area (Å²) in [6.07, 6.45) is 4.42. The summed E-state index contributed by atoms with van der Waals surface area (Å²) >= 11 is 0. The first-order valence-electron chi connectivity index (χ1n) is 8.21. The Bertz CT molecular complexity index is 1020. The Morgan fingerprint density at radius 3 is 2.86 bits per heavy atom. The second-order valence-electron chi connectivity index (χ2n) is 5.50. The normalized spacial score (nSPS) is 10.9. The molecule has 0 saturated carbocycles. The molecule has 1 amide bonds. The molecule has 1 N–H and O–H groups in total. The molecule has 2 aromatic heterocycles. The average Bonchev–Trinajstić information content (AvgIpc) is 3.29. The van der Waals surface area contributed by atoms with Crippen LogP contribution in [0.25, 0.3) is 5.69 Å². The van der Waals surface area contributed by atoms with Crippen molar-refractivity contribution in [3.05, 3.63) is 63.9 Å². The Hall–Kier alpha value is -4.02. The number of amides is 1. The van der Waals surface area contributed by atoms with E-state index in [1.54, 1.807) is 36.9 Å². The predicted octanol–water partition coefficient (Wildman–Crippen LogP) is 2.24. The summed E-state index contributed by atoms with van der Waals surface area (Å²) in [6, 6.07) is 5.97. The second kappa shape index (κ2) is 8.12. The molecule has 2 heterocycles. The minimum absolute atomic E-state index is 0.00356. The standard InChI is InChI=1S/C17H16N6O5/c1-3-27-15-9-18-17(28-15)16(24)20-19-8-12-10-22(21-11(12)2)13-4-6-14(7-5-13)23(25)26/h4-10H,3H2,1-2H3,(H,20,24)/b19-8+. The van der Waals surface area contributed by atoms with Gasteiger partial charge in [-0.05, 0) is 26.0 Å². The third-order valence-corrected chi connectivity index (χ3v) is 3.60. The van der Waals surface area contributed by atoms with Gasteiger partial charge in [-0.1, -0.05) is 0 Å². The van der Waals surface area contributed by atoms with Gasteiger partial charge in [0.05, 0.1) is 29.1 Å². The molecule has 0 spiro atoms. The van der Waals surface area contributed by atoms with Crippen LogP contribution in [-0.4, -0.2) is 38.4 Å². The summed E-state index contributed by atoms with van der Waals surface area (Å²) in [6.45, 7) is 3.95. The van der Waals surface area contributed by atoms with Gasteiger partial charge in [-0.2, -0.15) is 10.2 Å². The van der Waals surface area contributed by atoms with Crippen molar-refractivity contribution in [2.75, 3.05) is 6.61 Å². The molecular formula is C17H16N6O5. The number of carbonyl (C=O) groups is 1. The highest BCUT2D eigenvalue weighted by molar-refractivity contribution is 5.90. The molecule has 0 aliphatic heterocycles. The molecule has 3 aromatic rings. The van der Waals surface area contributed by atoms with E-state index in [0.717, 1.165) is 0 Å². The highest BCUT2D eigenvalue weighted by atomic mass is 16.6. The molecule has 11 nitrogen and oxygen atoms in total. The van der Waals surface area contributed by atoms with Gasteiger partial charge in [-0.3, -0.25) is 14.9 Å². The van der Waals surface area contributed by atoms with Gasteiger partial charge in [-0.25, -0.2) is 15.1 Å². The maximum Gasteiger partial charge on any atom is 0.327 e. The number of nitro benzene ring substituents is 1. The number of aryl methyl sites for hydroxylation is 1. The molecule has 3 rings (SSSR count). The van der Waals surface area contributed by atoms with Crippen molar-refractivity contribution in [1.82, 2.24) is 20.2 Å². The van der Waals surface area contributed by atoms with Crippen LogP contribution in [0.15, 0.2) is 46.2 Å². The monoisotopic (exact) mass is 384 g/mol. The Labute approximate surface area is 158 Å². The number of hydrazone groups is 1. The van der Waals surface area contributed by atoms with Crippen LogP contribution in [0.3, 0.4) is 0 Å². The number of rotatable bonds is 7. The summed E-state index contributed by atoms with van der Waals surface area (Å²) < 4.78 is 11.8. The van der Waals surface area contributed by atoms with Crippen LogP contribution in [0.1, 0.15) is 28.9 Å². The number of carbonyl (C=O) groups excluding carboxylic acids is 1. The zero-order valence-electron chi connectivity index (χ0n) is 15.0. The van der Waals surface area contributed by atoms with Crippen LogP contribution in [0.2, 0.25) is 0 Å². The molecule has 0 saturated heterocycles. The predicted molar refractivity (Wildman–Crippen MR) is 97.7 cm³/mol. The van der Waals surface area contributed by atoms with E-state index >= 15 is 0 Å². The van der Waals surface area contributed by atoms with Gasteiger partial charge in [0.1, 0.15) is 6.20 Å². The maximum atomic E-state index is 11.9. The lowest BCUT2D eigenvalue weighted by molar-refractivity contribution is -0.384. The van der Waals surface area contributed by atoms with Crippen LogP contribution in [-0.2, 0) is 0 Å². The topological polar surface area (TPSA) is 138 Å². The third kappa shape index (κ3) is 4.20. The highest BCUT2D eigenvalue weighted by Gasteiger charge is 2.13. The molecule has 0 aliphatic rings. The number of nitrogens with zero attached hydrogens (tertiary/aromatic N) is 5. The molecule has 0 atom stereocenters. The zero-order valence-corrected chi connectivity index (χ0v) is 15.0. The first-order valence-corrected chi connectivity index (χ1v) is 8.21. The van der Waals surface area contributed by atoms with E-state index < -0.39 is 10.8 Å². The lowest BCUT2D eigenvalue weighted by Gasteiger charge is -1.99. The van der Waals surface area contributed by atoms with E-state index in [0.29, 0.717) is 23.6 Å². The van der Waals surface area contributed by atoms with Crippen molar-refractivity contribution in [2.24, 2.45) is 5.10 Å². The van der Waals surface area contributed by atoms with Gasteiger partial charge in [0.25, 0.3) is 11.6 Å². The molecule has 28 heavy (non-hydrogen) atoms. The molecule has 0 fully saturated rings. The van der Waals surface area contributed by atoms with Crippen LogP contribution in [0.5, 0.6) is 5.95 Å². The molecule has 0 unspecified atom stereocenters. The Kier molecular flexibility index (Phi) is 5.44. The van der Waals surface area contributed by atoms with E-state index in [9.17, 15) is 14.9 Å². The van der Waals surface area contributed by atoms with E-state index in [1.165, 1.54) is 24.5 Å². The van der Waals surface area contributed by atoms with Gasteiger partial charge < -0.3 is 9.15 Å². The van der Waals surface area contributed by atoms with Crippen molar-refractivity contribution in [2.45, 2.75) is 13.8 Å². The molecule has 0 radical (unpaired) electrons. The fraction of sp³-hybridized carbons (Fsp3) is 0.176. The lowest BCUT2D eigenvalue weighted by atomic mass is 10.3. The van der Waals surface area contributed by atoms with Crippen LogP contribution >= 0.6 is 0 Å². The van der Waals surface area contributed by atoms with Crippen molar-refractivity contribution in [3.63, 3.8) is 0 Å². The molecule has 0 bridgehead atoms. The molecule has 11 heteroatoms. The van der Waals surface area contributed by atoms with Gasteiger partial charge in [-0.15, -0.1) is 0 Å². The smallest absolute Gasteiger partial charge is 0.327 e. The summed E-state index contributed by atoms with van der Waals surface area (Å²) in [5.41, 5.74) is 4.27. The van der Waals surface area contributed by atoms with Crippen LogP contribution in [0, 0.1) is 17.0 Å². The fourth-order valence-electron chi connectivity index (χ4n) is 2.24. The Morgan fingerprint density at radius 2 is 2.18 bits per heavy atom. The second-order valence-corrected chi connectivity index (χ2v) is 5.50. The van der Waals surface area contributed by atoms with Gasteiger partial charge in [0, 0.05) is 23.9 Å². The summed E-state index contributed by atoms with van der Waals surface area (Å²) in [5, 5.41) is 18.9. The van der Waals surface area contributed by atoms with Gasteiger partial charge >= 0.3 is 11.9 Å². The number of hydrogen-bond donors (Lipinski definition) is 1. The van der Waals surface area contributed by atoms with Crippen molar-refractivity contribution in [3.8, 4) is 11.6 Å². The van der Waals surface area contributed by atoms with Crippen LogP contribution < -0.4 is 10.2 Å².